The molecule has 6 heteroatoms. The molecule has 18 heavy (non-hydrogen) atoms. The van der Waals surface area contributed by atoms with Crippen LogP contribution in [0.15, 0.2) is 24.3 Å². The van der Waals surface area contributed by atoms with Crippen LogP contribution in [0.4, 0.5) is 13.2 Å². The SMILES string of the molecule is CN(CC(F)(F)F)C1COc2ccccc2C1N. The molecular formula is C12H15F3N2O. The summed E-state index contributed by atoms with van der Waals surface area (Å²) in [6, 6.07) is 6.23. The highest BCUT2D eigenvalue weighted by Crippen LogP contribution is 2.32. The second-order valence-corrected chi connectivity index (χ2v) is 4.47. The van der Waals surface area contributed by atoms with E-state index in [2.05, 4.69) is 0 Å². The minimum absolute atomic E-state index is 0.171. The number of fused-ring (bicyclic) bond motifs is 1. The number of halogens is 3. The third-order valence-corrected chi connectivity index (χ3v) is 3.10. The molecule has 0 aliphatic carbocycles. The van der Waals surface area contributed by atoms with Gasteiger partial charge in [0.1, 0.15) is 12.4 Å². The summed E-state index contributed by atoms with van der Waals surface area (Å²) in [6.45, 7) is -0.818. The molecule has 0 radical (unpaired) electrons. The molecule has 3 nitrogen and oxygen atoms in total. The van der Waals surface area contributed by atoms with Gasteiger partial charge in [-0.1, -0.05) is 18.2 Å². The van der Waals surface area contributed by atoms with E-state index in [1.165, 1.54) is 11.9 Å². The molecular weight excluding hydrogens is 245 g/mol. The molecule has 0 amide bonds. The Kier molecular flexibility index (Phi) is 3.49. The lowest BCUT2D eigenvalue weighted by Crippen LogP contribution is -2.49. The van der Waals surface area contributed by atoms with Gasteiger partial charge in [0.25, 0.3) is 0 Å². The van der Waals surface area contributed by atoms with Crippen molar-refractivity contribution in [3.05, 3.63) is 29.8 Å². The Morgan fingerprint density at radius 1 is 1.39 bits per heavy atom. The third kappa shape index (κ3) is 2.76. The molecule has 2 atom stereocenters. The van der Waals surface area contributed by atoms with Gasteiger partial charge >= 0.3 is 6.18 Å². The molecule has 0 saturated heterocycles. The second kappa shape index (κ2) is 4.78. The zero-order chi connectivity index (χ0) is 13.3. The zero-order valence-corrected chi connectivity index (χ0v) is 9.95. The van der Waals surface area contributed by atoms with Crippen LogP contribution in [0.3, 0.4) is 0 Å². The van der Waals surface area contributed by atoms with E-state index < -0.39 is 24.8 Å². The Labute approximate surface area is 103 Å². The van der Waals surface area contributed by atoms with Crippen LogP contribution in [0.2, 0.25) is 0 Å². The first-order valence-electron chi connectivity index (χ1n) is 5.63. The molecule has 2 N–H and O–H groups in total. The van der Waals surface area contributed by atoms with E-state index in [0.717, 1.165) is 5.56 Å². The number of nitrogens with zero attached hydrogens (tertiary/aromatic N) is 1. The van der Waals surface area contributed by atoms with Gasteiger partial charge in [-0.2, -0.15) is 13.2 Å². The average Bonchev–Trinajstić information content (AvgIpc) is 2.27. The predicted molar refractivity (Wildman–Crippen MR) is 61.3 cm³/mol. The Hall–Kier alpha value is -1.27. The summed E-state index contributed by atoms with van der Waals surface area (Å²) < 4.78 is 42.5. The van der Waals surface area contributed by atoms with Crippen LogP contribution in [-0.4, -0.2) is 37.3 Å². The maximum Gasteiger partial charge on any atom is 0.401 e. The second-order valence-electron chi connectivity index (χ2n) is 4.47. The third-order valence-electron chi connectivity index (χ3n) is 3.10. The maximum atomic E-state index is 12.4. The van der Waals surface area contributed by atoms with Crippen LogP contribution < -0.4 is 10.5 Å². The summed E-state index contributed by atoms with van der Waals surface area (Å²) in [6.07, 6.45) is -4.23. The lowest BCUT2D eigenvalue weighted by molar-refractivity contribution is -0.150. The Morgan fingerprint density at radius 3 is 2.72 bits per heavy atom. The number of alkyl halides is 3. The van der Waals surface area contributed by atoms with E-state index in [9.17, 15) is 13.2 Å². The van der Waals surface area contributed by atoms with Crippen molar-refractivity contribution in [2.75, 3.05) is 20.2 Å². The van der Waals surface area contributed by atoms with E-state index >= 15 is 0 Å². The normalized spacial score (nSPS) is 23.7. The first kappa shape index (κ1) is 13.2. The van der Waals surface area contributed by atoms with Crippen LogP contribution in [-0.2, 0) is 0 Å². The molecule has 0 aromatic heterocycles. The predicted octanol–water partition coefficient (Wildman–Crippen LogP) is 1.94. The summed E-state index contributed by atoms with van der Waals surface area (Å²) in [5, 5.41) is 0. The van der Waals surface area contributed by atoms with Crippen molar-refractivity contribution in [2.24, 2.45) is 5.73 Å². The molecule has 1 heterocycles. The highest BCUT2D eigenvalue weighted by atomic mass is 19.4. The van der Waals surface area contributed by atoms with E-state index in [1.54, 1.807) is 18.2 Å². The lowest BCUT2D eigenvalue weighted by atomic mass is 9.96. The summed E-state index contributed by atoms with van der Waals surface area (Å²) in [4.78, 5) is 1.20. The topological polar surface area (TPSA) is 38.5 Å². The van der Waals surface area contributed by atoms with Gasteiger partial charge in [0.15, 0.2) is 0 Å². The van der Waals surface area contributed by atoms with Crippen molar-refractivity contribution in [1.29, 1.82) is 0 Å². The summed E-state index contributed by atoms with van der Waals surface area (Å²) in [7, 11) is 1.41. The highest BCUT2D eigenvalue weighted by molar-refractivity contribution is 5.38. The van der Waals surface area contributed by atoms with Gasteiger partial charge in [-0.05, 0) is 13.1 Å². The van der Waals surface area contributed by atoms with Crippen LogP contribution >= 0.6 is 0 Å². The van der Waals surface area contributed by atoms with Crippen LogP contribution in [0.25, 0.3) is 0 Å². The highest BCUT2D eigenvalue weighted by Gasteiger charge is 2.37. The molecule has 0 spiro atoms. The van der Waals surface area contributed by atoms with Crippen molar-refractivity contribution >= 4 is 0 Å². The molecule has 1 aliphatic rings. The standard InChI is InChI=1S/C12H15F3N2O/c1-17(7-12(13,14)15)9-6-18-10-5-3-2-4-8(10)11(9)16/h2-5,9,11H,6-7,16H2,1H3. The molecule has 100 valence electrons. The summed E-state index contributed by atoms with van der Waals surface area (Å²) in [5.74, 6) is 0.654. The first-order valence-corrected chi connectivity index (χ1v) is 5.63. The van der Waals surface area contributed by atoms with Gasteiger partial charge < -0.3 is 10.5 Å². The van der Waals surface area contributed by atoms with Crippen LogP contribution in [0.5, 0.6) is 5.75 Å². The number of benzene rings is 1. The van der Waals surface area contributed by atoms with E-state index in [-0.39, 0.29) is 6.61 Å². The first-order chi connectivity index (χ1) is 8.38. The van der Waals surface area contributed by atoms with Crippen molar-refractivity contribution in [3.63, 3.8) is 0 Å². The average molecular weight is 260 g/mol. The van der Waals surface area contributed by atoms with Gasteiger partial charge in [-0.3, -0.25) is 4.90 Å². The maximum absolute atomic E-state index is 12.4. The number of hydrogen-bond acceptors (Lipinski definition) is 3. The number of hydrogen-bond donors (Lipinski definition) is 1. The number of ether oxygens (including phenoxy) is 1. The minimum Gasteiger partial charge on any atom is -0.492 e. The Balaban J connectivity index is 2.14. The van der Waals surface area contributed by atoms with Gasteiger partial charge in [0, 0.05) is 5.56 Å². The summed E-state index contributed by atoms with van der Waals surface area (Å²) in [5.41, 5.74) is 6.77. The largest absolute Gasteiger partial charge is 0.492 e. The van der Waals surface area contributed by atoms with Crippen molar-refractivity contribution in [2.45, 2.75) is 18.3 Å². The smallest absolute Gasteiger partial charge is 0.401 e. The number of rotatable bonds is 2. The van der Waals surface area contributed by atoms with Crippen molar-refractivity contribution in [1.82, 2.24) is 4.90 Å². The van der Waals surface area contributed by atoms with Crippen LogP contribution in [0, 0.1) is 0 Å². The lowest BCUT2D eigenvalue weighted by Gasteiger charge is -2.37. The Morgan fingerprint density at radius 2 is 2.06 bits per heavy atom. The van der Waals surface area contributed by atoms with Crippen molar-refractivity contribution in [3.8, 4) is 5.75 Å². The van der Waals surface area contributed by atoms with Gasteiger partial charge in [0.05, 0.1) is 18.6 Å². The van der Waals surface area contributed by atoms with Crippen molar-refractivity contribution < 1.29 is 17.9 Å². The molecule has 1 aromatic rings. The van der Waals surface area contributed by atoms with E-state index in [1.807, 2.05) is 6.07 Å². The van der Waals surface area contributed by atoms with E-state index in [4.69, 9.17) is 10.5 Å². The minimum atomic E-state index is -4.23. The summed E-state index contributed by atoms with van der Waals surface area (Å²) >= 11 is 0. The monoisotopic (exact) mass is 260 g/mol. The molecule has 2 unspecified atom stereocenters. The number of para-hydroxylation sites is 1. The fourth-order valence-corrected chi connectivity index (χ4v) is 2.17. The fraction of sp³-hybridized carbons (Fsp3) is 0.500. The van der Waals surface area contributed by atoms with Gasteiger partial charge in [-0.15, -0.1) is 0 Å². The quantitative estimate of drug-likeness (QED) is 0.883. The Bertz CT molecular complexity index is 422. The molecule has 0 bridgehead atoms. The molecule has 1 aliphatic heterocycles. The van der Waals surface area contributed by atoms with Gasteiger partial charge in [0.2, 0.25) is 0 Å². The number of likely N-dealkylation sites (N-methyl/N-ethyl adjacent to an activating group) is 1. The molecule has 1 aromatic carbocycles. The van der Waals surface area contributed by atoms with E-state index in [0.29, 0.717) is 5.75 Å². The molecule has 0 saturated carbocycles. The fourth-order valence-electron chi connectivity index (χ4n) is 2.17. The number of nitrogens with two attached hydrogens (primary N) is 1. The van der Waals surface area contributed by atoms with Gasteiger partial charge in [-0.25, -0.2) is 0 Å². The molecule has 2 rings (SSSR count). The molecule has 0 fully saturated rings. The van der Waals surface area contributed by atoms with Crippen LogP contribution in [0.1, 0.15) is 11.6 Å². The zero-order valence-electron chi connectivity index (χ0n) is 9.95.